The first-order valence-corrected chi connectivity index (χ1v) is 17.8. The molecule has 0 fully saturated rings. The third-order valence-corrected chi connectivity index (χ3v) is 9.28. The van der Waals surface area contributed by atoms with Gasteiger partial charge in [-0.3, -0.25) is 0 Å². The molecule has 0 unspecified atom stereocenters. The fraction of sp³-hybridized carbons (Fsp3) is 0.857. The minimum Gasteiger partial charge on any atom is -0.478 e. The molecule has 0 atom stereocenters. The zero-order chi connectivity index (χ0) is 25.4. The van der Waals surface area contributed by atoms with Gasteiger partial charge in [-0.2, -0.15) is 0 Å². The van der Waals surface area contributed by atoms with Crippen LogP contribution in [0.2, 0.25) is 8.87 Å². The minimum atomic E-state index is -1.26. The third-order valence-electron chi connectivity index (χ3n) is 5.24. The van der Waals surface area contributed by atoms with Gasteiger partial charge >= 0.3 is 133 Å². The van der Waals surface area contributed by atoms with Crippen molar-refractivity contribution in [3.05, 3.63) is 12.2 Å². The van der Waals surface area contributed by atoms with Crippen molar-refractivity contribution < 1.29 is 19.8 Å². The molecule has 0 bridgehead atoms. The second-order valence-electron chi connectivity index (χ2n) is 8.71. The van der Waals surface area contributed by atoms with E-state index in [-0.39, 0.29) is 21.1 Å². The second-order valence-corrected chi connectivity index (χ2v) is 13.0. The Balaban J connectivity index is -0.000000468. The minimum absolute atomic E-state index is 0.0736. The van der Waals surface area contributed by atoms with Crippen LogP contribution >= 0.6 is 0 Å². The van der Waals surface area contributed by atoms with E-state index in [9.17, 15) is 9.59 Å². The summed E-state index contributed by atoms with van der Waals surface area (Å²) in [4.78, 5) is 19.1. The second kappa shape index (κ2) is 36.1. The zero-order valence-corrected chi connectivity index (χ0v) is 25.4. The first-order chi connectivity index (χ1) is 16.0. The molecule has 4 nitrogen and oxygen atoms in total. The van der Waals surface area contributed by atoms with E-state index in [1.807, 2.05) is 0 Å². The van der Waals surface area contributed by atoms with Gasteiger partial charge in [0.15, 0.2) is 0 Å². The van der Waals surface area contributed by atoms with Crippen LogP contribution in [0.3, 0.4) is 0 Å². The van der Waals surface area contributed by atoms with Crippen molar-refractivity contribution in [1.82, 2.24) is 0 Å². The van der Waals surface area contributed by atoms with Gasteiger partial charge < -0.3 is 10.2 Å². The van der Waals surface area contributed by atoms with Gasteiger partial charge in [0.05, 0.1) is 0 Å². The molecule has 0 aromatic carbocycles. The molecule has 0 aliphatic carbocycles. The van der Waals surface area contributed by atoms with E-state index in [2.05, 4.69) is 27.7 Å². The zero-order valence-electron chi connectivity index (χ0n) is 22.5. The first kappa shape index (κ1) is 37.0. The Morgan fingerprint density at radius 1 is 0.485 bits per heavy atom. The summed E-state index contributed by atoms with van der Waals surface area (Å²) < 4.78 is 3.31. The summed E-state index contributed by atoms with van der Waals surface area (Å²) in [6.07, 6.45) is 27.4. The van der Waals surface area contributed by atoms with Gasteiger partial charge in [-0.1, -0.05) is 52.4 Å². The maximum atomic E-state index is 9.55. The number of hydrogen-bond donors (Lipinski definition) is 2. The van der Waals surface area contributed by atoms with Crippen LogP contribution in [0.15, 0.2) is 12.2 Å². The molecule has 0 aliphatic heterocycles. The Morgan fingerprint density at radius 3 is 0.970 bits per heavy atom. The Bertz CT molecular complexity index is 375. The van der Waals surface area contributed by atoms with Gasteiger partial charge in [-0.25, -0.2) is 9.59 Å². The van der Waals surface area contributed by atoms with E-state index in [1.54, 1.807) is 21.7 Å². The maximum Gasteiger partial charge on any atom is 0.328 e. The molecule has 0 amide bonds. The topological polar surface area (TPSA) is 74.6 Å². The summed E-state index contributed by atoms with van der Waals surface area (Å²) >= 11 is 0.0736. The van der Waals surface area contributed by atoms with Gasteiger partial charge in [0.1, 0.15) is 0 Å². The normalized spacial score (nSPS) is 10.3. The average molecular weight is 575 g/mol. The van der Waals surface area contributed by atoms with E-state index in [0.29, 0.717) is 12.2 Å². The number of carboxylic acids is 2. The predicted octanol–water partition coefficient (Wildman–Crippen LogP) is 9.33. The molecule has 0 aromatic heterocycles. The molecule has 33 heavy (non-hydrogen) atoms. The van der Waals surface area contributed by atoms with Gasteiger partial charge in [0, 0.05) is 12.2 Å². The van der Waals surface area contributed by atoms with Crippen LogP contribution in [0.4, 0.5) is 0 Å². The number of rotatable bonds is 21. The van der Waals surface area contributed by atoms with Crippen molar-refractivity contribution in [1.29, 1.82) is 0 Å². The molecule has 0 spiro atoms. The fourth-order valence-electron chi connectivity index (χ4n) is 3.18. The quantitative estimate of drug-likeness (QED) is 0.0813. The van der Waals surface area contributed by atoms with Gasteiger partial charge in [-0.15, -0.1) is 0 Å². The van der Waals surface area contributed by atoms with E-state index >= 15 is 0 Å². The van der Waals surface area contributed by atoms with Crippen LogP contribution in [0, 0.1) is 0 Å². The smallest absolute Gasteiger partial charge is 0.328 e. The number of unbranched alkanes of at least 4 members (excludes halogenated alkanes) is 15. The van der Waals surface area contributed by atoms with Crippen molar-refractivity contribution in [2.45, 2.75) is 152 Å². The molecule has 2 radical (unpaired) electrons. The molecule has 196 valence electrons. The van der Waals surface area contributed by atoms with Crippen LogP contribution in [-0.2, 0) is 9.59 Å². The van der Waals surface area contributed by atoms with Crippen LogP contribution in [0.5, 0.6) is 0 Å². The molecule has 2 N–H and O–H groups in total. The standard InChI is InChI=1S/C8H18.2C8H17.C4H4O4.Sn/c3*1-3-5-7-8-6-4-2;5-3(6)1-2-4(7)8;/h3-8H2,1-2H3;2*1,3-8H2,2H3;1-2H,(H,5,6)(H,7,8);/b;;;2-1-;. The molecule has 0 aliphatic rings. The Hall–Kier alpha value is -0.521. The van der Waals surface area contributed by atoms with Crippen molar-refractivity contribution in [2.75, 3.05) is 0 Å². The summed E-state index contributed by atoms with van der Waals surface area (Å²) in [6, 6.07) is 0. The van der Waals surface area contributed by atoms with Crippen molar-refractivity contribution in [3.63, 3.8) is 0 Å². The predicted molar refractivity (Wildman–Crippen MR) is 146 cm³/mol. The number of carbonyl (C=O) groups is 2. The molecular weight excluding hydrogens is 519 g/mol. The average Bonchev–Trinajstić information content (AvgIpc) is 2.79. The van der Waals surface area contributed by atoms with Crippen LogP contribution in [-0.4, -0.2) is 43.3 Å². The number of hydrogen-bond acceptors (Lipinski definition) is 2. The monoisotopic (exact) mass is 576 g/mol. The molecular formula is C28H56O4Sn. The number of carboxylic acid groups (broad SMARTS) is 2. The Morgan fingerprint density at radius 2 is 0.727 bits per heavy atom. The SMILES string of the molecule is CCCCCCCC.CCCCCCC[CH2][Sn][CH2]CCCCCCC.O=C(O)/C=C\C(=O)O. The van der Waals surface area contributed by atoms with Crippen molar-refractivity contribution >= 4 is 33.1 Å². The Labute approximate surface area is 216 Å². The van der Waals surface area contributed by atoms with Crippen LogP contribution < -0.4 is 0 Å². The van der Waals surface area contributed by atoms with Crippen LogP contribution in [0.25, 0.3) is 0 Å². The fourth-order valence-corrected chi connectivity index (χ4v) is 6.75. The van der Waals surface area contributed by atoms with Gasteiger partial charge in [0.25, 0.3) is 0 Å². The summed E-state index contributed by atoms with van der Waals surface area (Å²) in [7, 11) is 0. The van der Waals surface area contributed by atoms with Gasteiger partial charge in [0.2, 0.25) is 0 Å². The largest absolute Gasteiger partial charge is 0.478 e. The molecule has 0 saturated heterocycles. The third kappa shape index (κ3) is 49.6. The summed E-state index contributed by atoms with van der Waals surface area (Å²) in [5.41, 5.74) is 0. The van der Waals surface area contributed by atoms with Crippen molar-refractivity contribution in [3.8, 4) is 0 Å². The van der Waals surface area contributed by atoms with Crippen LogP contribution in [0.1, 0.15) is 143 Å². The first-order valence-electron chi connectivity index (χ1n) is 13.8. The number of aliphatic carboxylic acids is 2. The molecule has 0 aromatic rings. The Kier molecular flexibility index (Phi) is 40.5. The van der Waals surface area contributed by atoms with E-state index in [0.717, 1.165) is 0 Å². The van der Waals surface area contributed by atoms with E-state index < -0.39 is 11.9 Å². The van der Waals surface area contributed by atoms with E-state index in [4.69, 9.17) is 10.2 Å². The summed E-state index contributed by atoms with van der Waals surface area (Å²) in [6.45, 7) is 9.11. The molecule has 5 heteroatoms. The van der Waals surface area contributed by atoms with E-state index in [1.165, 1.54) is 103 Å². The van der Waals surface area contributed by atoms with Crippen molar-refractivity contribution in [2.24, 2.45) is 0 Å². The molecule has 0 rings (SSSR count). The maximum absolute atomic E-state index is 9.55. The molecule has 0 saturated carbocycles. The summed E-state index contributed by atoms with van der Waals surface area (Å²) in [5, 5.41) is 15.6. The molecule has 0 heterocycles. The van der Waals surface area contributed by atoms with Gasteiger partial charge in [-0.05, 0) is 0 Å². The summed E-state index contributed by atoms with van der Waals surface area (Å²) in [5.74, 6) is -2.51.